The SMILES string of the molecule is N=[N+]=Cc1ccccc1. The molecule has 1 aromatic carbocycles. The first-order chi connectivity index (χ1) is 4.43. The molecule has 0 unspecified atom stereocenters. The number of benzene rings is 1. The van der Waals surface area contributed by atoms with Gasteiger partial charge in [-0.05, 0) is 12.1 Å². The van der Waals surface area contributed by atoms with Crippen molar-refractivity contribution in [2.24, 2.45) is 0 Å². The van der Waals surface area contributed by atoms with Crippen LogP contribution < -0.4 is 0 Å². The average molecular weight is 119 g/mol. The molecule has 1 N–H and O–H groups in total. The maximum atomic E-state index is 6.51. The molecular weight excluding hydrogens is 112 g/mol. The maximum Gasteiger partial charge on any atom is 0.337 e. The van der Waals surface area contributed by atoms with Crippen molar-refractivity contribution in [1.29, 1.82) is 5.53 Å². The van der Waals surface area contributed by atoms with Gasteiger partial charge in [-0.15, -0.1) is 0 Å². The Labute approximate surface area is 53.4 Å². The van der Waals surface area contributed by atoms with E-state index < -0.39 is 0 Å². The van der Waals surface area contributed by atoms with Gasteiger partial charge in [-0.2, -0.15) is 0 Å². The molecule has 0 aromatic heterocycles. The summed E-state index contributed by atoms with van der Waals surface area (Å²) in [7, 11) is 0. The Morgan fingerprint density at radius 3 is 2.44 bits per heavy atom. The van der Waals surface area contributed by atoms with E-state index in [4.69, 9.17) is 5.53 Å². The number of hydrogen-bond acceptors (Lipinski definition) is 1. The Morgan fingerprint density at radius 1 is 1.22 bits per heavy atom. The summed E-state index contributed by atoms with van der Waals surface area (Å²) in [5.74, 6) is 0. The Kier molecular flexibility index (Phi) is 1.78. The molecule has 0 spiro atoms. The number of hydrogen-bond donors (Lipinski definition) is 1. The van der Waals surface area contributed by atoms with Gasteiger partial charge in [-0.1, -0.05) is 18.2 Å². The first-order valence-corrected chi connectivity index (χ1v) is 2.68. The van der Waals surface area contributed by atoms with Gasteiger partial charge < -0.3 is 0 Å². The van der Waals surface area contributed by atoms with Crippen molar-refractivity contribution >= 4 is 6.21 Å². The molecule has 0 saturated carbocycles. The third kappa shape index (κ3) is 1.52. The van der Waals surface area contributed by atoms with Crippen LogP contribution in [0.4, 0.5) is 0 Å². The normalized spacial score (nSPS) is 8.00. The fraction of sp³-hybridized carbons (Fsp3) is 0. The molecule has 0 fully saturated rings. The van der Waals surface area contributed by atoms with Crippen molar-refractivity contribution in [1.82, 2.24) is 0 Å². The van der Waals surface area contributed by atoms with E-state index in [1.54, 1.807) is 0 Å². The molecule has 0 bridgehead atoms. The summed E-state index contributed by atoms with van der Waals surface area (Å²) in [6, 6.07) is 9.56. The minimum Gasteiger partial charge on any atom is -0.0622 e. The molecule has 9 heavy (non-hydrogen) atoms. The fourth-order valence-corrected chi connectivity index (χ4v) is 0.614. The van der Waals surface area contributed by atoms with E-state index >= 15 is 0 Å². The highest BCUT2D eigenvalue weighted by atomic mass is 14.8. The predicted octanol–water partition coefficient (Wildman–Crippen LogP) is 1.34. The third-order valence-electron chi connectivity index (χ3n) is 1.01. The van der Waals surface area contributed by atoms with Crippen molar-refractivity contribution in [2.45, 2.75) is 0 Å². The summed E-state index contributed by atoms with van der Waals surface area (Å²) in [4.78, 5) is 3.13. The van der Waals surface area contributed by atoms with E-state index in [9.17, 15) is 0 Å². The summed E-state index contributed by atoms with van der Waals surface area (Å²) < 4.78 is 0. The van der Waals surface area contributed by atoms with Crippen LogP contribution in [0.2, 0.25) is 0 Å². The average Bonchev–Trinajstić information content (AvgIpc) is 1.91. The molecule has 0 heterocycles. The summed E-state index contributed by atoms with van der Waals surface area (Å²) >= 11 is 0. The molecule has 0 amide bonds. The Morgan fingerprint density at radius 2 is 1.89 bits per heavy atom. The zero-order chi connectivity index (χ0) is 6.53. The van der Waals surface area contributed by atoms with Crippen molar-refractivity contribution < 1.29 is 4.79 Å². The monoisotopic (exact) mass is 119 g/mol. The molecule has 2 nitrogen and oxygen atoms in total. The summed E-state index contributed by atoms with van der Waals surface area (Å²) in [5, 5.41) is 0. The van der Waals surface area contributed by atoms with Gasteiger partial charge in [0, 0.05) is 4.79 Å². The lowest BCUT2D eigenvalue weighted by Crippen LogP contribution is -1.77. The van der Waals surface area contributed by atoms with E-state index in [0.717, 1.165) is 5.56 Å². The minimum atomic E-state index is 0.965. The first-order valence-electron chi connectivity index (χ1n) is 2.68. The highest BCUT2D eigenvalue weighted by Gasteiger charge is 1.87. The van der Waals surface area contributed by atoms with Gasteiger partial charge in [0.1, 0.15) is 0 Å². The van der Waals surface area contributed by atoms with Crippen LogP contribution in [0.1, 0.15) is 5.56 Å². The standard InChI is InChI=1S/C7H7N2/c8-9-6-7-4-2-1-3-5-7/h1-6,8H/q+1. The van der Waals surface area contributed by atoms with Crippen molar-refractivity contribution in [3.63, 3.8) is 0 Å². The number of rotatable bonds is 1. The van der Waals surface area contributed by atoms with E-state index in [0.29, 0.717) is 0 Å². The predicted molar refractivity (Wildman–Crippen MR) is 34.6 cm³/mol. The zero-order valence-electron chi connectivity index (χ0n) is 4.91. The van der Waals surface area contributed by atoms with Crippen molar-refractivity contribution in [2.75, 3.05) is 0 Å². The second-order valence-corrected chi connectivity index (χ2v) is 1.67. The Hall–Kier alpha value is -1.40. The smallest absolute Gasteiger partial charge is 0.0622 e. The third-order valence-corrected chi connectivity index (χ3v) is 1.01. The van der Waals surface area contributed by atoms with Crippen LogP contribution in [-0.4, -0.2) is 11.0 Å². The van der Waals surface area contributed by atoms with Gasteiger partial charge in [-0.3, -0.25) is 0 Å². The molecule has 2 heteroatoms. The van der Waals surface area contributed by atoms with Crippen LogP contribution in [0, 0.1) is 5.53 Å². The van der Waals surface area contributed by atoms with Crippen LogP contribution in [-0.2, 0) is 0 Å². The Balaban J connectivity index is 2.97. The van der Waals surface area contributed by atoms with Gasteiger partial charge in [0.2, 0.25) is 0 Å². The van der Waals surface area contributed by atoms with Crippen LogP contribution in [0.15, 0.2) is 30.3 Å². The van der Waals surface area contributed by atoms with E-state index in [1.807, 2.05) is 30.3 Å². The van der Waals surface area contributed by atoms with Crippen molar-refractivity contribution in [3.8, 4) is 0 Å². The Bertz CT molecular complexity index is 222. The molecule has 0 aliphatic carbocycles. The molecule has 0 atom stereocenters. The lowest BCUT2D eigenvalue weighted by Gasteiger charge is -1.78. The molecule has 0 aliphatic rings. The summed E-state index contributed by atoms with van der Waals surface area (Å²) in [6.07, 6.45) is 1.50. The first kappa shape index (κ1) is 5.73. The van der Waals surface area contributed by atoms with E-state index in [-0.39, 0.29) is 0 Å². The molecule has 0 aliphatic heterocycles. The van der Waals surface area contributed by atoms with Gasteiger partial charge in [0.15, 0.2) is 0 Å². The largest absolute Gasteiger partial charge is 0.337 e. The highest BCUT2D eigenvalue weighted by molar-refractivity contribution is 5.74. The van der Waals surface area contributed by atoms with E-state index in [2.05, 4.69) is 4.79 Å². The van der Waals surface area contributed by atoms with Gasteiger partial charge >= 0.3 is 6.21 Å². The van der Waals surface area contributed by atoms with Crippen LogP contribution in [0.3, 0.4) is 0 Å². The lowest BCUT2D eigenvalue weighted by molar-refractivity contribution is -0.111. The van der Waals surface area contributed by atoms with Crippen molar-refractivity contribution in [3.05, 3.63) is 35.9 Å². The second kappa shape index (κ2) is 2.80. The topological polar surface area (TPSA) is 38.0 Å². The van der Waals surface area contributed by atoms with Crippen LogP contribution in [0.25, 0.3) is 0 Å². The molecular formula is C7H7N2+. The number of nitrogens with zero attached hydrogens (tertiary/aromatic N) is 1. The van der Waals surface area contributed by atoms with Gasteiger partial charge in [-0.25, -0.2) is 0 Å². The van der Waals surface area contributed by atoms with Gasteiger partial charge in [0.05, 0.1) is 11.1 Å². The molecule has 44 valence electrons. The van der Waals surface area contributed by atoms with E-state index in [1.165, 1.54) is 6.21 Å². The maximum absolute atomic E-state index is 6.51. The fourth-order valence-electron chi connectivity index (χ4n) is 0.614. The quantitative estimate of drug-likeness (QED) is 0.329. The van der Waals surface area contributed by atoms with Gasteiger partial charge in [0.25, 0.3) is 0 Å². The second-order valence-electron chi connectivity index (χ2n) is 1.67. The summed E-state index contributed by atoms with van der Waals surface area (Å²) in [5.41, 5.74) is 7.47. The molecule has 1 rings (SSSR count). The lowest BCUT2D eigenvalue weighted by atomic mass is 10.2. The molecule has 0 radical (unpaired) electrons. The number of nitrogens with one attached hydrogen (secondary N) is 1. The zero-order valence-corrected chi connectivity index (χ0v) is 4.91. The molecule has 1 aromatic rings. The van der Waals surface area contributed by atoms with Crippen LogP contribution >= 0.6 is 0 Å². The van der Waals surface area contributed by atoms with Crippen LogP contribution in [0.5, 0.6) is 0 Å². The highest BCUT2D eigenvalue weighted by Crippen LogP contribution is 1.91. The minimum absolute atomic E-state index is 0.965. The summed E-state index contributed by atoms with van der Waals surface area (Å²) in [6.45, 7) is 0. The molecule has 0 saturated heterocycles.